The molecule has 134 valence electrons. The van der Waals surface area contributed by atoms with E-state index in [-0.39, 0.29) is 17.9 Å². The van der Waals surface area contributed by atoms with Gasteiger partial charge in [-0.1, -0.05) is 57.5 Å². The van der Waals surface area contributed by atoms with E-state index >= 15 is 0 Å². The molecule has 0 spiro atoms. The van der Waals surface area contributed by atoms with Crippen LogP contribution in [0, 0.1) is 17.8 Å². The Labute approximate surface area is 151 Å². The van der Waals surface area contributed by atoms with Crippen LogP contribution in [0.15, 0.2) is 24.3 Å². The van der Waals surface area contributed by atoms with Gasteiger partial charge >= 0.3 is 0 Å². The van der Waals surface area contributed by atoms with Crippen LogP contribution in [0.2, 0.25) is 5.02 Å². The van der Waals surface area contributed by atoms with Crippen molar-refractivity contribution in [1.29, 1.82) is 0 Å². The van der Waals surface area contributed by atoms with E-state index in [1.807, 2.05) is 18.2 Å². The molecular weight excluding hydrogens is 320 g/mol. The second kappa shape index (κ2) is 8.87. The number of nitrogens with zero attached hydrogens (tertiary/aromatic N) is 1. The number of rotatable bonds is 6. The van der Waals surface area contributed by atoms with Crippen LogP contribution < -0.4 is 5.32 Å². The number of piperidine rings is 1. The Morgan fingerprint density at radius 2 is 1.92 bits per heavy atom. The van der Waals surface area contributed by atoms with Crippen LogP contribution >= 0.6 is 11.6 Å². The molecule has 1 N–H and O–H groups in total. The van der Waals surface area contributed by atoms with E-state index < -0.39 is 0 Å². The molecular formula is C20H31ClN2O. The predicted molar refractivity (Wildman–Crippen MR) is 101 cm³/mol. The summed E-state index contributed by atoms with van der Waals surface area (Å²) in [7, 11) is 0. The van der Waals surface area contributed by atoms with Crippen molar-refractivity contribution in [2.24, 2.45) is 17.8 Å². The average molecular weight is 351 g/mol. The molecule has 3 nitrogen and oxygen atoms in total. The van der Waals surface area contributed by atoms with E-state index in [1.165, 1.54) is 0 Å². The van der Waals surface area contributed by atoms with Gasteiger partial charge in [0.2, 0.25) is 5.91 Å². The SMILES string of the molecule is CC(C)C(NC(=O)[C@H]1CCCN(Cc2ccccc2Cl)C1)C(C)C. The average Bonchev–Trinajstić information content (AvgIpc) is 2.54. The van der Waals surface area contributed by atoms with Crippen LogP contribution in [0.5, 0.6) is 0 Å². The van der Waals surface area contributed by atoms with Gasteiger partial charge in [-0.2, -0.15) is 0 Å². The fraction of sp³-hybridized carbons (Fsp3) is 0.650. The van der Waals surface area contributed by atoms with Crippen molar-refractivity contribution in [3.05, 3.63) is 34.9 Å². The molecule has 1 aliphatic rings. The molecule has 1 atom stereocenters. The highest BCUT2D eigenvalue weighted by atomic mass is 35.5. The Balaban J connectivity index is 1.95. The quantitative estimate of drug-likeness (QED) is 0.827. The van der Waals surface area contributed by atoms with Crippen molar-refractivity contribution < 1.29 is 4.79 Å². The molecule has 2 rings (SSSR count). The molecule has 0 radical (unpaired) electrons. The lowest BCUT2D eigenvalue weighted by molar-refractivity contribution is -0.128. The molecule has 1 saturated heterocycles. The van der Waals surface area contributed by atoms with E-state index in [0.717, 1.165) is 43.1 Å². The van der Waals surface area contributed by atoms with Gasteiger partial charge in [0.25, 0.3) is 0 Å². The molecule has 1 fully saturated rings. The number of likely N-dealkylation sites (tertiary alicyclic amines) is 1. The van der Waals surface area contributed by atoms with E-state index in [4.69, 9.17) is 11.6 Å². The molecule has 0 aliphatic carbocycles. The number of carbonyl (C=O) groups excluding carboxylic acids is 1. The van der Waals surface area contributed by atoms with E-state index in [2.05, 4.69) is 44.0 Å². The van der Waals surface area contributed by atoms with Crippen molar-refractivity contribution in [3.63, 3.8) is 0 Å². The van der Waals surface area contributed by atoms with E-state index in [9.17, 15) is 4.79 Å². The minimum atomic E-state index is 0.0845. The molecule has 0 saturated carbocycles. The first-order chi connectivity index (χ1) is 11.4. The molecule has 0 aromatic heterocycles. The highest BCUT2D eigenvalue weighted by Crippen LogP contribution is 2.23. The zero-order valence-corrected chi connectivity index (χ0v) is 16.1. The Kier molecular flexibility index (Phi) is 7.12. The summed E-state index contributed by atoms with van der Waals surface area (Å²) in [5.41, 5.74) is 1.14. The largest absolute Gasteiger partial charge is 0.353 e. The van der Waals surface area contributed by atoms with Crippen LogP contribution in [0.3, 0.4) is 0 Å². The van der Waals surface area contributed by atoms with Crippen LogP contribution in [0.25, 0.3) is 0 Å². The summed E-state index contributed by atoms with van der Waals surface area (Å²) in [5.74, 6) is 1.21. The number of carbonyl (C=O) groups is 1. The fourth-order valence-electron chi connectivity index (χ4n) is 3.67. The number of benzene rings is 1. The lowest BCUT2D eigenvalue weighted by Gasteiger charge is -2.34. The number of hydrogen-bond donors (Lipinski definition) is 1. The first kappa shape index (κ1) is 19.3. The van der Waals surface area contributed by atoms with Gasteiger partial charge in [-0.25, -0.2) is 0 Å². The molecule has 24 heavy (non-hydrogen) atoms. The van der Waals surface area contributed by atoms with Crippen molar-refractivity contribution >= 4 is 17.5 Å². The zero-order chi connectivity index (χ0) is 17.7. The summed E-state index contributed by atoms with van der Waals surface area (Å²) < 4.78 is 0. The molecule has 4 heteroatoms. The number of halogens is 1. The Hall–Kier alpha value is -1.06. The van der Waals surface area contributed by atoms with Crippen LogP contribution in [0.4, 0.5) is 0 Å². The molecule has 1 aliphatic heterocycles. The van der Waals surface area contributed by atoms with Crippen LogP contribution in [-0.4, -0.2) is 29.9 Å². The number of hydrogen-bond acceptors (Lipinski definition) is 2. The maximum absolute atomic E-state index is 12.7. The fourth-order valence-corrected chi connectivity index (χ4v) is 3.86. The summed E-state index contributed by atoms with van der Waals surface area (Å²) in [6.07, 6.45) is 2.05. The summed E-state index contributed by atoms with van der Waals surface area (Å²) in [6, 6.07) is 8.22. The highest BCUT2D eigenvalue weighted by Gasteiger charge is 2.29. The summed E-state index contributed by atoms with van der Waals surface area (Å²) >= 11 is 6.27. The van der Waals surface area contributed by atoms with Crippen LogP contribution in [-0.2, 0) is 11.3 Å². The van der Waals surface area contributed by atoms with Gasteiger partial charge in [0.1, 0.15) is 0 Å². The van der Waals surface area contributed by atoms with Crippen molar-refractivity contribution in [3.8, 4) is 0 Å². The summed E-state index contributed by atoms with van der Waals surface area (Å²) in [4.78, 5) is 15.1. The van der Waals surface area contributed by atoms with Crippen LogP contribution in [0.1, 0.15) is 46.1 Å². The van der Waals surface area contributed by atoms with E-state index in [1.54, 1.807) is 0 Å². The lowest BCUT2D eigenvalue weighted by Crippen LogP contribution is -2.48. The Morgan fingerprint density at radius 3 is 2.54 bits per heavy atom. The third-order valence-electron chi connectivity index (χ3n) is 4.97. The monoisotopic (exact) mass is 350 g/mol. The first-order valence-corrected chi connectivity index (χ1v) is 9.52. The maximum Gasteiger partial charge on any atom is 0.224 e. The normalized spacial score (nSPS) is 19.2. The summed E-state index contributed by atoms with van der Waals surface area (Å²) in [6.45, 7) is 11.4. The Bertz CT molecular complexity index is 536. The molecule has 0 bridgehead atoms. The van der Waals surface area contributed by atoms with Crippen molar-refractivity contribution in [1.82, 2.24) is 10.2 Å². The highest BCUT2D eigenvalue weighted by molar-refractivity contribution is 6.31. The van der Waals surface area contributed by atoms with Gasteiger partial charge in [-0.3, -0.25) is 9.69 Å². The van der Waals surface area contributed by atoms with Gasteiger partial charge in [-0.15, -0.1) is 0 Å². The summed E-state index contributed by atoms with van der Waals surface area (Å²) in [5, 5.41) is 4.10. The molecule has 1 heterocycles. The number of amides is 1. The standard InChI is InChI=1S/C20H31ClN2O/c1-14(2)19(15(3)4)22-20(24)17-9-7-11-23(13-17)12-16-8-5-6-10-18(16)21/h5-6,8,10,14-15,17,19H,7,9,11-13H2,1-4H3,(H,22,24)/t17-/m0/s1. The molecule has 1 aromatic rings. The minimum Gasteiger partial charge on any atom is -0.353 e. The van der Waals surface area contributed by atoms with Gasteiger partial charge in [0.15, 0.2) is 0 Å². The minimum absolute atomic E-state index is 0.0845. The maximum atomic E-state index is 12.7. The third kappa shape index (κ3) is 5.22. The zero-order valence-electron chi connectivity index (χ0n) is 15.4. The number of nitrogens with one attached hydrogen (secondary N) is 1. The first-order valence-electron chi connectivity index (χ1n) is 9.14. The second-order valence-electron chi connectivity index (χ2n) is 7.69. The molecule has 1 amide bonds. The van der Waals surface area contributed by atoms with Gasteiger partial charge in [0, 0.05) is 24.2 Å². The molecule has 1 aromatic carbocycles. The van der Waals surface area contributed by atoms with Gasteiger partial charge < -0.3 is 5.32 Å². The lowest BCUT2D eigenvalue weighted by atomic mass is 9.91. The van der Waals surface area contributed by atoms with Crippen molar-refractivity contribution in [2.45, 2.75) is 53.1 Å². The van der Waals surface area contributed by atoms with E-state index in [0.29, 0.717) is 11.8 Å². The smallest absolute Gasteiger partial charge is 0.224 e. The van der Waals surface area contributed by atoms with Gasteiger partial charge in [-0.05, 0) is 42.9 Å². The second-order valence-corrected chi connectivity index (χ2v) is 8.10. The molecule has 0 unspecified atom stereocenters. The predicted octanol–water partition coefficient (Wildman–Crippen LogP) is 4.35. The van der Waals surface area contributed by atoms with Gasteiger partial charge in [0.05, 0.1) is 5.92 Å². The topological polar surface area (TPSA) is 32.3 Å². The Morgan fingerprint density at radius 1 is 1.25 bits per heavy atom. The van der Waals surface area contributed by atoms with Crippen molar-refractivity contribution in [2.75, 3.05) is 13.1 Å². The third-order valence-corrected chi connectivity index (χ3v) is 5.34.